The van der Waals surface area contributed by atoms with Crippen LogP contribution < -0.4 is 10.5 Å². The maximum absolute atomic E-state index is 10.2. The van der Waals surface area contributed by atoms with Gasteiger partial charge in [-0.1, -0.05) is 56.3 Å². The first-order valence-electron chi connectivity index (χ1n) is 7.28. The zero-order valence-corrected chi connectivity index (χ0v) is 12.6. The number of hydrogen-bond donors (Lipinski definition) is 2. The van der Waals surface area contributed by atoms with E-state index < -0.39 is 6.10 Å². The van der Waals surface area contributed by atoms with Crippen molar-refractivity contribution >= 4 is 0 Å². The van der Waals surface area contributed by atoms with E-state index in [4.69, 9.17) is 10.5 Å². The maximum atomic E-state index is 10.2. The number of aliphatic hydroxyl groups is 1. The third-order valence-corrected chi connectivity index (χ3v) is 3.60. The third kappa shape index (κ3) is 4.31. The zero-order chi connectivity index (χ0) is 15.2. The largest absolute Gasteiger partial charge is 0.489 e. The lowest BCUT2D eigenvalue weighted by atomic mass is 9.94. The van der Waals surface area contributed by atoms with Gasteiger partial charge >= 0.3 is 0 Å². The van der Waals surface area contributed by atoms with Crippen LogP contribution in [0.4, 0.5) is 0 Å². The molecule has 0 aromatic heterocycles. The van der Waals surface area contributed by atoms with Crippen molar-refractivity contribution in [1.82, 2.24) is 0 Å². The average molecular weight is 285 g/mol. The summed E-state index contributed by atoms with van der Waals surface area (Å²) in [4.78, 5) is 0. The highest BCUT2D eigenvalue weighted by atomic mass is 16.5. The molecule has 3 nitrogen and oxygen atoms in total. The Kier molecular flexibility index (Phi) is 5.37. The van der Waals surface area contributed by atoms with Gasteiger partial charge in [-0.05, 0) is 29.2 Å². The van der Waals surface area contributed by atoms with Crippen LogP contribution in [0.5, 0.6) is 5.75 Å². The molecule has 0 radical (unpaired) electrons. The summed E-state index contributed by atoms with van der Waals surface area (Å²) in [5.74, 6) is 1.02. The summed E-state index contributed by atoms with van der Waals surface area (Å²) in [5, 5.41) is 10.2. The van der Waals surface area contributed by atoms with E-state index in [1.54, 1.807) is 0 Å². The number of rotatable bonds is 6. The second-order valence-corrected chi connectivity index (χ2v) is 5.61. The smallest absolute Gasteiger partial charge is 0.119 e. The Morgan fingerprint density at radius 2 is 1.62 bits per heavy atom. The van der Waals surface area contributed by atoms with Crippen LogP contribution in [0.2, 0.25) is 0 Å². The SMILES string of the molecule is CC(C)C(N)C(O)c1ccc(OCc2ccccc2)cc1. The molecule has 2 atom stereocenters. The highest BCUT2D eigenvalue weighted by Gasteiger charge is 2.19. The van der Waals surface area contributed by atoms with E-state index in [2.05, 4.69) is 0 Å². The Morgan fingerprint density at radius 3 is 2.19 bits per heavy atom. The first kappa shape index (κ1) is 15.5. The van der Waals surface area contributed by atoms with Crippen molar-refractivity contribution in [1.29, 1.82) is 0 Å². The standard InChI is InChI=1S/C18H23NO2/c1-13(2)17(19)18(20)15-8-10-16(11-9-15)21-12-14-6-4-3-5-7-14/h3-11,13,17-18,20H,12,19H2,1-2H3. The Hall–Kier alpha value is -1.84. The van der Waals surface area contributed by atoms with E-state index in [1.807, 2.05) is 68.4 Å². The Labute approximate surface area is 126 Å². The predicted octanol–water partition coefficient (Wildman–Crippen LogP) is 3.28. The number of nitrogens with two attached hydrogens (primary N) is 1. The maximum Gasteiger partial charge on any atom is 0.119 e. The molecule has 0 bridgehead atoms. The van der Waals surface area contributed by atoms with Gasteiger partial charge in [-0.3, -0.25) is 0 Å². The van der Waals surface area contributed by atoms with E-state index in [9.17, 15) is 5.11 Å². The van der Waals surface area contributed by atoms with Crippen molar-refractivity contribution in [2.24, 2.45) is 11.7 Å². The quantitative estimate of drug-likeness (QED) is 0.856. The normalized spacial score (nSPS) is 14.0. The van der Waals surface area contributed by atoms with Gasteiger partial charge in [0.05, 0.1) is 6.10 Å². The lowest BCUT2D eigenvalue weighted by Gasteiger charge is -2.22. The summed E-state index contributed by atoms with van der Waals surface area (Å²) in [6, 6.07) is 17.2. The minimum atomic E-state index is -0.645. The summed E-state index contributed by atoms with van der Waals surface area (Å²) < 4.78 is 5.72. The molecule has 2 aromatic carbocycles. The Morgan fingerprint density at radius 1 is 1.00 bits per heavy atom. The molecule has 0 spiro atoms. The lowest BCUT2D eigenvalue weighted by Crippen LogP contribution is -2.33. The van der Waals surface area contributed by atoms with Crippen molar-refractivity contribution in [3.63, 3.8) is 0 Å². The van der Waals surface area contributed by atoms with E-state index in [0.717, 1.165) is 16.9 Å². The van der Waals surface area contributed by atoms with E-state index in [-0.39, 0.29) is 12.0 Å². The summed E-state index contributed by atoms with van der Waals surface area (Å²) in [6.07, 6.45) is -0.645. The van der Waals surface area contributed by atoms with E-state index >= 15 is 0 Å². The molecule has 0 aliphatic rings. The van der Waals surface area contributed by atoms with Gasteiger partial charge in [-0.15, -0.1) is 0 Å². The van der Waals surface area contributed by atoms with Crippen LogP contribution in [0, 0.1) is 5.92 Å². The van der Waals surface area contributed by atoms with Crippen molar-refractivity contribution in [2.45, 2.75) is 32.6 Å². The van der Waals surface area contributed by atoms with Gasteiger partial charge in [0.2, 0.25) is 0 Å². The summed E-state index contributed by atoms with van der Waals surface area (Å²) in [6.45, 7) is 4.55. The molecule has 0 aliphatic carbocycles. The van der Waals surface area contributed by atoms with Gasteiger partial charge in [0.25, 0.3) is 0 Å². The fourth-order valence-corrected chi connectivity index (χ4v) is 2.09. The van der Waals surface area contributed by atoms with Crippen LogP contribution in [0.15, 0.2) is 54.6 Å². The molecule has 3 heteroatoms. The molecule has 3 N–H and O–H groups in total. The van der Waals surface area contributed by atoms with Gasteiger partial charge in [0.1, 0.15) is 12.4 Å². The predicted molar refractivity (Wildman–Crippen MR) is 85.0 cm³/mol. The molecule has 0 saturated carbocycles. The highest BCUT2D eigenvalue weighted by molar-refractivity contribution is 5.29. The number of ether oxygens (including phenoxy) is 1. The second-order valence-electron chi connectivity index (χ2n) is 5.61. The molecule has 2 rings (SSSR count). The summed E-state index contributed by atoms with van der Waals surface area (Å²) in [7, 11) is 0. The van der Waals surface area contributed by atoms with Crippen LogP contribution >= 0.6 is 0 Å². The van der Waals surface area contributed by atoms with Crippen molar-refractivity contribution in [3.8, 4) is 5.75 Å². The van der Waals surface area contributed by atoms with Gasteiger partial charge in [-0.25, -0.2) is 0 Å². The van der Waals surface area contributed by atoms with Crippen LogP contribution in [-0.4, -0.2) is 11.1 Å². The minimum absolute atomic E-state index is 0.231. The van der Waals surface area contributed by atoms with E-state index in [0.29, 0.717) is 6.61 Å². The van der Waals surface area contributed by atoms with Crippen LogP contribution in [-0.2, 0) is 6.61 Å². The van der Waals surface area contributed by atoms with Gasteiger partial charge < -0.3 is 15.6 Å². The van der Waals surface area contributed by atoms with Gasteiger partial charge in [-0.2, -0.15) is 0 Å². The first-order valence-corrected chi connectivity index (χ1v) is 7.28. The van der Waals surface area contributed by atoms with Crippen molar-refractivity contribution in [2.75, 3.05) is 0 Å². The number of hydrogen-bond acceptors (Lipinski definition) is 3. The fraction of sp³-hybridized carbons (Fsp3) is 0.333. The molecule has 0 saturated heterocycles. The topological polar surface area (TPSA) is 55.5 Å². The lowest BCUT2D eigenvalue weighted by molar-refractivity contribution is 0.125. The molecule has 2 unspecified atom stereocenters. The molecule has 0 heterocycles. The van der Waals surface area contributed by atoms with Crippen molar-refractivity contribution < 1.29 is 9.84 Å². The third-order valence-electron chi connectivity index (χ3n) is 3.60. The minimum Gasteiger partial charge on any atom is -0.489 e. The van der Waals surface area contributed by atoms with Crippen LogP contribution in [0.3, 0.4) is 0 Å². The number of aliphatic hydroxyl groups excluding tert-OH is 1. The monoisotopic (exact) mass is 285 g/mol. The van der Waals surface area contributed by atoms with E-state index in [1.165, 1.54) is 0 Å². The average Bonchev–Trinajstić information content (AvgIpc) is 2.53. The molecular weight excluding hydrogens is 262 g/mol. The Bertz CT molecular complexity index is 537. The molecule has 21 heavy (non-hydrogen) atoms. The summed E-state index contributed by atoms with van der Waals surface area (Å²) >= 11 is 0. The fourth-order valence-electron chi connectivity index (χ4n) is 2.09. The van der Waals surface area contributed by atoms with Crippen molar-refractivity contribution in [3.05, 3.63) is 65.7 Å². The summed E-state index contributed by atoms with van der Waals surface area (Å²) in [5.41, 5.74) is 7.93. The molecular formula is C18H23NO2. The molecule has 0 fully saturated rings. The Balaban J connectivity index is 1.96. The second kappa shape index (κ2) is 7.25. The molecule has 112 valence electrons. The molecule has 0 aliphatic heterocycles. The zero-order valence-electron chi connectivity index (χ0n) is 12.6. The van der Waals surface area contributed by atoms with Gasteiger partial charge in [0, 0.05) is 6.04 Å². The molecule has 2 aromatic rings. The van der Waals surface area contributed by atoms with Crippen LogP contribution in [0.1, 0.15) is 31.1 Å². The van der Waals surface area contributed by atoms with Gasteiger partial charge in [0.15, 0.2) is 0 Å². The first-order chi connectivity index (χ1) is 10.1. The molecule has 0 amide bonds. The number of benzene rings is 2. The van der Waals surface area contributed by atoms with Crippen LogP contribution in [0.25, 0.3) is 0 Å². The highest BCUT2D eigenvalue weighted by Crippen LogP contribution is 2.23.